The molecule has 4 heteroatoms. The van der Waals surface area contributed by atoms with Crippen LogP contribution in [-0.2, 0) is 11.2 Å². The van der Waals surface area contributed by atoms with Gasteiger partial charge in [-0.05, 0) is 6.07 Å². The molecule has 13 heavy (non-hydrogen) atoms. The molecule has 1 aromatic carbocycles. The number of ether oxygens (including phenoxy) is 1. The fourth-order valence-electron chi connectivity index (χ4n) is 1.04. The first kappa shape index (κ1) is 11.8. The SMILES string of the molecule is COc1ccccc1CC(N)=O.Cl. The molecule has 0 atom stereocenters. The van der Waals surface area contributed by atoms with Crippen LogP contribution in [0.1, 0.15) is 5.56 Å². The molecule has 0 aromatic heterocycles. The summed E-state index contributed by atoms with van der Waals surface area (Å²) in [5.74, 6) is 0.357. The molecule has 0 saturated heterocycles. The van der Waals surface area contributed by atoms with Crippen LogP contribution in [-0.4, -0.2) is 13.0 Å². The fraction of sp³-hybridized carbons (Fsp3) is 0.222. The van der Waals surface area contributed by atoms with Gasteiger partial charge in [-0.2, -0.15) is 0 Å². The lowest BCUT2D eigenvalue weighted by molar-refractivity contribution is -0.117. The quantitative estimate of drug-likeness (QED) is 0.798. The van der Waals surface area contributed by atoms with Crippen LogP contribution in [0.4, 0.5) is 0 Å². The van der Waals surface area contributed by atoms with Crippen LogP contribution < -0.4 is 10.5 Å². The Hall–Kier alpha value is -1.22. The summed E-state index contributed by atoms with van der Waals surface area (Å²) in [5, 5.41) is 0. The second kappa shape index (κ2) is 5.43. The van der Waals surface area contributed by atoms with Gasteiger partial charge in [0.25, 0.3) is 0 Å². The Morgan fingerprint density at radius 2 is 2.08 bits per heavy atom. The van der Waals surface area contributed by atoms with Crippen molar-refractivity contribution >= 4 is 18.3 Å². The second-order valence-corrected chi connectivity index (χ2v) is 2.45. The normalized spacial score (nSPS) is 8.69. The average molecular weight is 202 g/mol. The molecule has 0 aliphatic carbocycles. The number of nitrogens with two attached hydrogens (primary N) is 1. The first-order valence-electron chi connectivity index (χ1n) is 3.64. The summed E-state index contributed by atoms with van der Waals surface area (Å²) in [6.07, 6.45) is 0.226. The van der Waals surface area contributed by atoms with Crippen LogP contribution in [0.3, 0.4) is 0 Å². The Bertz CT molecular complexity index is 289. The Kier molecular flexibility index (Phi) is 4.92. The van der Waals surface area contributed by atoms with E-state index in [0.29, 0.717) is 5.75 Å². The third-order valence-corrected chi connectivity index (χ3v) is 1.56. The standard InChI is InChI=1S/C9H11NO2.ClH/c1-12-8-5-3-2-4-7(8)6-9(10)11;/h2-5H,6H2,1H3,(H2,10,11);1H. The summed E-state index contributed by atoms with van der Waals surface area (Å²) >= 11 is 0. The van der Waals surface area contributed by atoms with Gasteiger partial charge < -0.3 is 10.5 Å². The second-order valence-electron chi connectivity index (χ2n) is 2.45. The molecule has 0 fully saturated rings. The lowest BCUT2D eigenvalue weighted by atomic mass is 10.1. The van der Waals surface area contributed by atoms with Gasteiger partial charge in [-0.25, -0.2) is 0 Å². The number of hydrogen-bond donors (Lipinski definition) is 1. The first-order valence-corrected chi connectivity index (χ1v) is 3.64. The zero-order valence-electron chi connectivity index (χ0n) is 7.32. The third kappa shape index (κ3) is 3.34. The summed E-state index contributed by atoms with van der Waals surface area (Å²) < 4.78 is 5.04. The molecule has 0 spiro atoms. The Labute approximate surface area is 83.3 Å². The number of rotatable bonds is 3. The molecular weight excluding hydrogens is 190 g/mol. The van der Waals surface area contributed by atoms with Crippen molar-refractivity contribution in [2.75, 3.05) is 7.11 Å². The van der Waals surface area contributed by atoms with Gasteiger partial charge >= 0.3 is 0 Å². The molecule has 0 aliphatic heterocycles. The fourth-order valence-corrected chi connectivity index (χ4v) is 1.04. The smallest absolute Gasteiger partial charge is 0.221 e. The Morgan fingerprint density at radius 3 is 2.62 bits per heavy atom. The summed E-state index contributed by atoms with van der Waals surface area (Å²) in [6.45, 7) is 0. The molecule has 0 aliphatic rings. The molecule has 0 bridgehead atoms. The average Bonchev–Trinajstić information content (AvgIpc) is 2.04. The molecule has 1 rings (SSSR count). The van der Waals surface area contributed by atoms with Crippen molar-refractivity contribution in [2.45, 2.75) is 6.42 Å². The Balaban J connectivity index is 0.00000144. The van der Waals surface area contributed by atoms with Crippen LogP contribution in [0.25, 0.3) is 0 Å². The first-order chi connectivity index (χ1) is 5.74. The molecule has 1 aromatic rings. The van der Waals surface area contributed by atoms with E-state index in [0.717, 1.165) is 5.56 Å². The molecule has 0 radical (unpaired) electrons. The minimum absolute atomic E-state index is 0. The minimum Gasteiger partial charge on any atom is -0.496 e. The maximum atomic E-state index is 10.6. The van der Waals surface area contributed by atoms with Crippen molar-refractivity contribution in [3.63, 3.8) is 0 Å². The number of para-hydroxylation sites is 1. The monoisotopic (exact) mass is 201 g/mol. The van der Waals surface area contributed by atoms with Gasteiger partial charge in [-0.15, -0.1) is 12.4 Å². The van der Waals surface area contributed by atoms with E-state index < -0.39 is 0 Å². The van der Waals surface area contributed by atoms with Crippen molar-refractivity contribution in [3.8, 4) is 5.75 Å². The van der Waals surface area contributed by atoms with E-state index in [1.54, 1.807) is 13.2 Å². The zero-order valence-corrected chi connectivity index (χ0v) is 8.14. The highest BCUT2D eigenvalue weighted by Crippen LogP contribution is 2.16. The maximum absolute atomic E-state index is 10.6. The number of primary amides is 1. The molecule has 72 valence electrons. The van der Waals surface area contributed by atoms with Crippen LogP contribution in [0, 0.1) is 0 Å². The number of amides is 1. The van der Waals surface area contributed by atoms with E-state index in [1.165, 1.54) is 0 Å². The van der Waals surface area contributed by atoms with Gasteiger partial charge in [0.1, 0.15) is 5.75 Å². The molecule has 0 saturated carbocycles. The van der Waals surface area contributed by atoms with Crippen molar-refractivity contribution < 1.29 is 9.53 Å². The molecule has 0 heterocycles. The topological polar surface area (TPSA) is 52.3 Å². The van der Waals surface area contributed by atoms with Gasteiger partial charge in [0.2, 0.25) is 5.91 Å². The lowest BCUT2D eigenvalue weighted by Crippen LogP contribution is -2.14. The van der Waals surface area contributed by atoms with Crippen molar-refractivity contribution in [3.05, 3.63) is 29.8 Å². The van der Waals surface area contributed by atoms with E-state index >= 15 is 0 Å². The van der Waals surface area contributed by atoms with Gasteiger partial charge in [-0.1, -0.05) is 18.2 Å². The van der Waals surface area contributed by atoms with Crippen molar-refractivity contribution in [2.24, 2.45) is 5.73 Å². The number of carbonyl (C=O) groups excluding carboxylic acids is 1. The molecule has 0 unspecified atom stereocenters. The predicted octanol–water partition coefficient (Wildman–Crippen LogP) is 1.14. The van der Waals surface area contributed by atoms with E-state index in [4.69, 9.17) is 10.5 Å². The van der Waals surface area contributed by atoms with E-state index in [9.17, 15) is 4.79 Å². The van der Waals surface area contributed by atoms with E-state index in [2.05, 4.69) is 0 Å². The number of halogens is 1. The van der Waals surface area contributed by atoms with Crippen LogP contribution in [0.5, 0.6) is 5.75 Å². The van der Waals surface area contributed by atoms with E-state index in [1.807, 2.05) is 18.2 Å². The number of carbonyl (C=O) groups is 1. The van der Waals surface area contributed by atoms with Gasteiger partial charge in [-0.3, -0.25) is 4.79 Å². The van der Waals surface area contributed by atoms with E-state index in [-0.39, 0.29) is 24.7 Å². The molecule has 3 nitrogen and oxygen atoms in total. The molecule has 1 amide bonds. The minimum atomic E-state index is -0.348. The predicted molar refractivity (Wildman–Crippen MR) is 53.1 cm³/mol. The lowest BCUT2D eigenvalue weighted by Gasteiger charge is -2.04. The van der Waals surface area contributed by atoms with Gasteiger partial charge in [0.05, 0.1) is 13.5 Å². The summed E-state index contributed by atoms with van der Waals surface area (Å²) in [5.41, 5.74) is 5.88. The number of benzene rings is 1. The number of hydrogen-bond acceptors (Lipinski definition) is 2. The summed E-state index contributed by atoms with van der Waals surface area (Å²) in [4.78, 5) is 10.6. The van der Waals surface area contributed by atoms with Crippen LogP contribution in [0.2, 0.25) is 0 Å². The largest absolute Gasteiger partial charge is 0.496 e. The highest BCUT2D eigenvalue weighted by molar-refractivity contribution is 5.85. The third-order valence-electron chi connectivity index (χ3n) is 1.56. The summed E-state index contributed by atoms with van der Waals surface area (Å²) in [6, 6.07) is 7.33. The van der Waals surface area contributed by atoms with Crippen LogP contribution in [0.15, 0.2) is 24.3 Å². The highest BCUT2D eigenvalue weighted by atomic mass is 35.5. The van der Waals surface area contributed by atoms with Crippen molar-refractivity contribution in [1.82, 2.24) is 0 Å². The van der Waals surface area contributed by atoms with Gasteiger partial charge in [0, 0.05) is 5.56 Å². The summed E-state index contributed by atoms with van der Waals surface area (Å²) in [7, 11) is 1.57. The molecular formula is C9H12ClNO2. The Morgan fingerprint density at radius 1 is 1.46 bits per heavy atom. The van der Waals surface area contributed by atoms with Crippen LogP contribution >= 0.6 is 12.4 Å². The van der Waals surface area contributed by atoms with Crippen molar-refractivity contribution in [1.29, 1.82) is 0 Å². The maximum Gasteiger partial charge on any atom is 0.221 e. The zero-order chi connectivity index (χ0) is 8.97. The highest BCUT2D eigenvalue weighted by Gasteiger charge is 2.03. The van der Waals surface area contributed by atoms with Gasteiger partial charge in [0.15, 0.2) is 0 Å². The molecule has 2 N–H and O–H groups in total. The number of methoxy groups -OCH3 is 1.